The van der Waals surface area contributed by atoms with E-state index < -0.39 is 0 Å². The van der Waals surface area contributed by atoms with Crippen LogP contribution in [0.15, 0.2) is 0 Å². The third-order valence-corrected chi connectivity index (χ3v) is 3.68. The van der Waals surface area contributed by atoms with E-state index in [1.54, 1.807) is 0 Å². The van der Waals surface area contributed by atoms with E-state index in [2.05, 4.69) is 5.32 Å². The molecule has 3 N–H and O–H groups in total. The predicted molar refractivity (Wildman–Crippen MR) is 61.9 cm³/mol. The van der Waals surface area contributed by atoms with E-state index in [-0.39, 0.29) is 11.8 Å². The smallest absolute Gasteiger partial charge is 0.225 e. The van der Waals surface area contributed by atoms with Crippen molar-refractivity contribution in [3.05, 3.63) is 0 Å². The first-order chi connectivity index (χ1) is 7.75. The number of ether oxygens (including phenoxy) is 1. The van der Waals surface area contributed by atoms with Gasteiger partial charge in [0.1, 0.15) is 0 Å². The van der Waals surface area contributed by atoms with Gasteiger partial charge in [-0.15, -0.1) is 0 Å². The first-order valence-corrected chi connectivity index (χ1v) is 6.36. The lowest BCUT2D eigenvalue weighted by atomic mass is 10.0. The molecule has 1 saturated carbocycles. The van der Waals surface area contributed by atoms with E-state index in [9.17, 15) is 4.79 Å². The van der Waals surface area contributed by atoms with Crippen LogP contribution < -0.4 is 11.1 Å². The van der Waals surface area contributed by atoms with Crippen molar-refractivity contribution in [2.24, 2.45) is 17.6 Å². The Morgan fingerprint density at radius 2 is 2.25 bits per heavy atom. The Morgan fingerprint density at radius 1 is 1.38 bits per heavy atom. The maximum atomic E-state index is 11.8. The summed E-state index contributed by atoms with van der Waals surface area (Å²) in [5.41, 5.74) is 5.84. The van der Waals surface area contributed by atoms with Crippen LogP contribution in [0.5, 0.6) is 0 Å². The zero-order valence-corrected chi connectivity index (χ0v) is 9.78. The zero-order valence-electron chi connectivity index (χ0n) is 9.78. The molecule has 1 amide bonds. The molecule has 1 aliphatic carbocycles. The average Bonchev–Trinajstić information content (AvgIpc) is 2.73. The van der Waals surface area contributed by atoms with Crippen molar-refractivity contribution in [3.63, 3.8) is 0 Å². The SMILES string of the molecule is NC1CCC(CNC(=O)C2CCCOC2)C1. The highest BCUT2D eigenvalue weighted by Gasteiger charge is 2.25. The molecule has 1 aliphatic heterocycles. The Labute approximate surface area is 96.9 Å². The summed E-state index contributed by atoms with van der Waals surface area (Å²) in [7, 11) is 0. The molecule has 3 atom stereocenters. The Bertz CT molecular complexity index is 239. The van der Waals surface area contributed by atoms with Crippen LogP contribution in [-0.2, 0) is 9.53 Å². The molecular weight excluding hydrogens is 204 g/mol. The maximum Gasteiger partial charge on any atom is 0.225 e. The van der Waals surface area contributed by atoms with Crippen molar-refractivity contribution in [1.29, 1.82) is 0 Å². The van der Waals surface area contributed by atoms with Gasteiger partial charge in [-0.1, -0.05) is 0 Å². The summed E-state index contributed by atoms with van der Waals surface area (Å²) in [5, 5.41) is 3.04. The molecule has 0 aromatic heterocycles. The molecule has 92 valence electrons. The molecule has 4 nitrogen and oxygen atoms in total. The number of carbonyl (C=O) groups excluding carboxylic acids is 1. The van der Waals surface area contributed by atoms with Crippen LogP contribution in [0.25, 0.3) is 0 Å². The molecule has 4 heteroatoms. The highest BCUT2D eigenvalue weighted by atomic mass is 16.5. The van der Waals surface area contributed by atoms with E-state index in [4.69, 9.17) is 10.5 Å². The Morgan fingerprint density at radius 3 is 2.88 bits per heavy atom. The van der Waals surface area contributed by atoms with Gasteiger partial charge in [-0.3, -0.25) is 4.79 Å². The maximum absolute atomic E-state index is 11.8. The molecule has 2 rings (SSSR count). The molecule has 0 aromatic carbocycles. The summed E-state index contributed by atoms with van der Waals surface area (Å²) < 4.78 is 5.31. The Balaban J connectivity index is 1.66. The average molecular weight is 226 g/mol. The Kier molecular flexibility index (Phi) is 4.18. The van der Waals surface area contributed by atoms with Crippen molar-refractivity contribution in [1.82, 2.24) is 5.32 Å². The van der Waals surface area contributed by atoms with Gasteiger partial charge in [0, 0.05) is 19.2 Å². The number of hydrogen-bond donors (Lipinski definition) is 2. The molecular formula is C12H22N2O2. The predicted octanol–water partition coefficient (Wildman–Crippen LogP) is 0.657. The minimum absolute atomic E-state index is 0.0730. The number of carbonyl (C=O) groups is 1. The van der Waals surface area contributed by atoms with Crippen molar-refractivity contribution in [2.75, 3.05) is 19.8 Å². The standard InChI is InChI=1S/C12H22N2O2/c13-11-4-3-9(6-11)7-14-12(15)10-2-1-5-16-8-10/h9-11H,1-8,13H2,(H,14,15). The summed E-state index contributed by atoms with van der Waals surface area (Å²) >= 11 is 0. The number of rotatable bonds is 3. The lowest BCUT2D eigenvalue weighted by Crippen LogP contribution is -2.37. The number of nitrogens with two attached hydrogens (primary N) is 1. The summed E-state index contributed by atoms with van der Waals surface area (Å²) in [5.74, 6) is 0.826. The summed E-state index contributed by atoms with van der Waals surface area (Å²) in [6.45, 7) is 2.19. The number of hydrogen-bond acceptors (Lipinski definition) is 3. The van der Waals surface area contributed by atoms with Crippen LogP contribution in [-0.4, -0.2) is 31.7 Å². The van der Waals surface area contributed by atoms with Gasteiger partial charge in [0.25, 0.3) is 0 Å². The van der Waals surface area contributed by atoms with Gasteiger partial charge >= 0.3 is 0 Å². The summed E-state index contributed by atoms with van der Waals surface area (Å²) in [6, 6.07) is 0.347. The summed E-state index contributed by atoms with van der Waals surface area (Å²) in [4.78, 5) is 11.8. The van der Waals surface area contributed by atoms with Gasteiger partial charge in [0.2, 0.25) is 5.91 Å². The molecule has 0 spiro atoms. The molecule has 0 bridgehead atoms. The quantitative estimate of drug-likeness (QED) is 0.743. The van der Waals surface area contributed by atoms with Crippen LogP contribution in [0, 0.1) is 11.8 Å². The van der Waals surface area contributed by atoms with Gasteiger partial charge < -0.3 is 15.8 Å². The van der Waals surface area contributed by atoms with E-state index in [0.717, 1.165) is 45.3 Å². The monoisotopic (exact) mass is 226 g/mol. The van der Waals surface area contributed by atoms with Crippen LogP contribution in [0.1, 0.15) is 32.1 Å². The van der Waals surface area contributed by atoms with E-state index in [1.807, 2.05) is 0 Å². The van der Waals surface area contributed by atoms with Crippen LogP contribution >= 0.6 is 0 Å². The van der Waals surface area contributed by atoms with Crippen molar-refractivity contribution in [3.8, 4) is 0 Å². The molecule has 16 heavy (non-hydrogen) atoms. The lowest BCUT2D eigenvalue weighted by molar-refractivity contribution is -0.129. The van der Waals surface area contributed by atoms with Crippen molar-refractivity contribution in [2.45, 2.75) is 38.1 Å². The highest BCUT2D eigenvalue weighted by molar-refractivity contribution is 5.78. The third kappa shape index (κ3) is 3.19. The van der Waals surface area contributed by atoms with Crippen molar-refractivity contribution < 1.29 is 9.53 Å². The molecule has 0 aromatic rings. The number of nitrogens with one attached hydrogen (secondary N) is 1. The zero-order chi connectivity index (χ0) is 11.4. The van der Waals surface area contributed by atoms with Crippen LogP contribution in [0.2, 0.25) is 0 Å². The second-order valence-electron chi connectivity index (χ2n) is 5.10. The molecule has 3 unspecified atom stereocenters. The van der Waals surface area contributed by atoms with Gasteiger partial charge in [-0.25, -0.2) is 0 Å². The minimum atomic E-state index is 0.0730. The molecule has 0 radical (unpaired) electrons. The second-order valence-corrected chi connectivity index (χ2v) is 5.10. The summed E-state index contributed by atoms with van der Waals surface area (Å²) in [6.07, 6.45) is 5.29. The van der Waals surface area contributed by atoms with Crippen molar-refractivity contribution >= 4 is 5.91 Å². The van der Waals surface area contributed by atoms with Crippen LogP contribution in [0.4, 0.5) is 0 Å². The van der Waals surface area contributed by atoms with Gasteiger partial charge in [-0.05, 0) is 38.0 Å². The largest absolute Gasteiger partial charge is 0.381 e. The van der Waals surface area contributed by atoms with Crippen LogP contribution in [0.3, 0.4) is 0 Å². The topological polar surface area (TPSA) is 64.3 Å². The molecule has 1 saturated heterocycles. The Hall–Kier alpha value is -0.610. The minimum Gasteiger partial charge on any atom is -0.381 e. The third-order valence-electron chi connectivity index (χ3n) is 3.68. The molecule has 2 fully saturated rings. The van der Waals surface area contributed by atoms with Gasteiger partial charge in [0.15, 0.2) is 0 Å². The van der Waals surface area contributed by atoms with E-state index in [0.29, 0.717) is 18.6 Å². The first-order valence-electron chi connectivity index (χ1n) is 6.36. The van der Waals surface area contributed by atoms with Gasteiger partial charge in [-0.2, -0.15) is 0 Å². The fourth-order valence-corrected chi connectivity index (χ4v) is 2.64. The molecule has 2 aliphatic rings. The first kappa shape index (κ1) is 11.9. The number of amides is 1. The fraction of sp³-hybridized carbons (Fsp3) is 0.917. The fourth-order valence-electron chi connectivity index (χ4n) is 2.64. The highest BCUT2D eigenvalue weighted by Crippen LogP contribution is 2.23. The normalized spacial score (nSPS) is 34.9. The second kappa shape index (κ2) is 5.64. The lowest BCUT2D eigenvalue weighted by Gasteiger charge is -2.22. The van der Waals surface area contributed by atoms with Gasteiger partial charge in [0.05, 0.1) is 12.5 Å². The molecule has 1 heterocycles. The van der Waals surface area contributed by atoms with E-state index in [1.165, 1.54) is 0 Å². The van der Waals surface area contributed by atoms with E-state index >= 15 is 0 Å².